The van der Waals surface area contributed by atoms with Crippen molar-refractivity contribution in [2.75, 3.05) is 0 Å². The highest BCUT2D eigenvalue weighted by Crippen LogP contribution is 2.41. The van der Waals surface area contributed by atoms with E-state index in [9.17, 15) is 105 Å². The molecule has 0 N–H and O–H groups in total. The summed E-state index contributed by atoms with van der Waals surface area (Å²) in [5.74, 6) is 0.788. The Hall–Kier alpha value is -7.42. The molecule has 3 nitrogen and oxygen atoms in total. The lowest BCUT2D eigenvalue weighted by Crippen LogP contribution is -2.75. The van der Waals surface area contributed by atoms with Crippen LogP contribution in [0.1, 0.15) is 44.5 Å². The van der Waals surface area contributed by atoms with Gasteiger partial charge in [0.05, 0.1) is 56.9 Å². The Morgan fingerprint density at radius 3 is 0.776 bits per heavy atom. The van der Waals surface area contributed by atoms with Crippen LogP contribution in [0.25, 0.3) is 11.1 Å². The summed E-state index contributed by atoms with van der Waals surface area (Å²) in [5, 5.41) is 0. The van der Waals surface area contributed by atoms with Gasteiger partial charge >= 0.3 is 49.4 Å². The van der Waals surface area contributed by atoms with E-state index < -0.39 is 195 Å². The molecule has 404 valence electrons. The number of alkyl halides is 24. The van der Waals surface area contributed by atoms with Crippen LogP contribution in [0.3, 0.4) is 0 Å². The van der Waals surface area contributed by atoms with E-state index >= 15 is 0 Å². The van der Waals surface area contributed by atoms with E-state index in [-0.39, 0.29) is 0 Å². The van der Waals surface area contributed by atoms with Crippen molar-refractivity contribution >= 4 is 28.0 Å². The quantitative estimate of drug-likeness (QED) is 0.0903. The molecule has 0 atom stereocenters. The molecule has 1 heterocycles. The number of halogens is 24. The summed E-state index contributed by atoms with van der Waals surface area (Å²) >= 11 is 0. The number of hydrogen-bond acceptors (Lipinski definition) is 2. The third-order valence-corrected chi connectivity index (χ3v) is 11.2. The van der Waals surface area contributed by atoms with Crippen LogP contribution >= 0.6 is 0 Å². The summed E-state index contributed by atoms with van der Waals surface area (Å²) in [6.07, 6.45) is -47.9. The first-order valence-electron chi connectivity index (χ1n) is 20.7. The predicted molar refractivity (Wildman–Crippen MR) is 222 cm³/mol. The van der Waals surface area contributed by atoms with Gasteiger partial charge in [0, 0.05) is 4.73 Å². The summed E-state index contributed by atoms with van der Waals surface area (Å²) in [7, 11) is 0. The second kappa shape index (κ2) is 20.3. The molecule has 0 aliphatic rings. The van der Waals surface area contributed by atoms with Crippen LogP contribution in [0.2, 0.25) is 0 Å². The van der Waals surface area contributed by atoms with Crippen molar-refractivity contribution in [3.63, 3.8) is 0 Å². The number of hydrogen-bond donors (Lipinski definition) is 0. The van der Waals surface area contributed by atoms with Crippen molar-refractivity contribution in [3.05, 3.63) is 197 Å². The fourth-order valence-electron chi connectivity index (χ4n) is 7.90. The first-order chi connectivity index (χ1) is 34.7. The van der Waals surface area contributed by atoms with Gasteiger partial charge in [-0.3, -0.25) is 4.98 Å². The van der Waals surface area contributed by atoms with Crippen molar-refractivity contribution in [2.24, 2.45) is 0 Å². The molecule has 76 heavy (non-hydrogen) atoms. The molecule has 0 fully saturated rings. The summed E-state index contributed by atoms with van der Waals surface area (Å²) in [4.78, 5) is 9.59. The number of nitrogens with zero attached hydrogens (tertiary/aromatic N) is 2. The van der Waals surface area contributed by atoms with Crippen LogP contribution < -0.4 is 31.4 Å². The van der Waals surface area contributed by atoms with Crippen LogP contribution in [0.4, 0.5) is 105 Å². The summed E-state index contributed by atoms with van der Waals surface area (Å²) in [6, 6.07) is 9.46. The SMILES string of the molecule is FC(F)(F)c1cc([B-](c2cc(C(F)(F)F)cc(C(F)(F)F)c2)(c2cc(C(F)(F)F)cc(C(F)(F)F)c2)c2cc(C(F)(F)F)cc(C(F)(F)F)c2)cc(C(F)(F)F)c1.c1ccc(-c2ccc(O[n+]3ccncc3)cc2)cc1. The van der Waals surface area contributed by atoms with Gasteiger partial charge in [0.2, 0.25) is 18.1 Å². The van der Waals surface area contributed by atoms with Crippen molar-refractivity contribution in [1.29, 1.82) is 0 Å². The van der Waals surface area contributed by atoms with Gasteiger partial charge in [-0.15, -0.1) is 0 Å². The van der Waals surface area contributed by atoms with E-state index in [4.69, 9.17) is 4.84 Å². The molecular formula is C48H25BF24N2O. The van der Waals surface area contributed by atoms with E-state index in [1.165, 1.54) is 11.1 Å². The Kier molecular flexibility index (Phi) is 15.4. The minimum absolute atomic E-state index is 0.691. The van der Waals surface area contributed by atoms with Gasteiger partial charge in [-0.1, -0.05) is 91.0 Å². The monoisotopic (exact) mass is 1110 g/mol. The van der Waals surface area contributed by atoms with Crippen LogP contribution in [0.15, 0.2) is 152 Å². The molecule has 28 heteroatoms. The van der Waals surface area contributed by atoms with Crippen LogP contribution in [0, 0.1) is 0 Å². The highest BCUT2D eigenvalue weighted by Gasteiger charge is 2.47. The summed E-state index contributed by atoms with van der Waals surface area (Å²) < 4.78 is 342. The van der Waals surface area contributed by atoms with Crippen LogP contribution in [-0.2, 0) is 49.4 Å². The van der Waals surface area contributed by atoms with Gasteiger partial charge in [0.25, 0.3) is 0 Å². The third kappa shape index (κ3) is 13.3. The van der Waals surface area contributed by atoms with Gasteiger partial charge in [0.1, 0.15) is 6.15 Å². The molecule has 0 aliphatic heterocycles. The Morgan fingerprint density at radius 1 is 0.303 bits per heavy atom. The molecule has 0 radical (unpaired) electrons. The zero-order valence-electron chi connectivity index (χ0n) is 36.9. The first kappa shape index (κ1) is 57.9. The highest BCUT2D eigenvalue weighted by atomic mass is 19.4. The molecule has 6 aromatic carbocycles. The van der Waals surface area contributed by atoms with Gasteiger partial charge in [0.15, 0.2) is 0 Å². The second-order valence-electron chi connectivity index (χ2n) is 16.3. The maximum absolute atomic E-state index is 14.2. The zero-order valence-corrected chi connectivity index (χ0v) is 36.9. The Labute approximate surface area is 410 Å². The van der Waals surface area contributed by atoms with Crippen molar-refractivity contribution in [3.8, 4) is 16.9 Å². The van der Waals surface area contributed by atoms with Gasteiger partial charge in [-0.2, -0.15) is 127 Å². The fraction of sp³-hybridized carbons (Fsp3) is 0.167. The number of rotatable bonds is 7. The molecule has 0 saturated heterocycles. The maximum Gasteiger partial charge on any atom is 0.416 e. The van der Waals surface area contributed by atoms with Crippen molar-refractivity contribution in [2.45, 2.75) is 49.4 Å². The Morgan fingerprint density at radius 2 is 0.539 bits per heavy atom. The molecule has 7 aromatic rings. The molecule has 0 unspecified atom stereocenters. The standard InChI is InChI=1S/C32H12BF24.C16H13N2O/c34-25(35,36)13-1-14(26(37,38)39)6-21(5-13)33(22-7-15(27(40,41)42)2-16(8-22)28(43,44)45,23-9-17(29(46,47)48)3-18(10-23)30(49,50)51)24-11-19(31(52,53)54)4-20(12-24)32(55,56)57;1-2-4-14(5-3-1)15-6-8-16(9-7-15)19-18-12-10-17-11-13-18/h1-12H;1-13H/q-1;+1. The predicted octanol–water partition coefficient (Wildman–Crippen LogP) is 14.1. The van der Waals surface area contributed by atoms with E-state index in [0.717, 1.165) is 5.75 Å². The van der Waals surface area contributed by atoms with Gasteiger partial charge in [-0.05, 0) is 47.5 Å². The van der Waals surface area contributed by atoms with E-state index in [1.807, 2.05) is 42.5 Å². The van der Waals surface area contributed by atoms with Crippen molar-refractivity contribution < 1.29 is 115 Å². The lowest BCUT2D eigenvalue weighted by Gasteiger charge is -2.46. The molecule has 0 aliphatic carbocycles. The van der Waals surface area contributed by atoms with E-state index in [0.29, 0.717) is 0 Å². The topological polar surface area (TPSA) is 26.0 Å². The molecule has 0 spiro atoms. The highest BCUT2D eigenvalue weighted by molar-refractivity contribution is 7.20. The fourth-order valence-corrected chi connectivity index (χ4v) is 7.90. The average molecular weight is 1110 g/mol. The molecular weight excluding hydrogens is 1090 g/mol. The Bertz CT molecular complexity index is 2720. The number of aromatic nitrogens is 2. The van der Waals surface area contributed by atoms with E-state index in [2.05, 4.69) is 17.1 Å². The van der Waals surface area contributed by atoms with E-state index in [1.54, 1.807) is 29.5 Å². The van der Waals surface area contributed by atoms with Gasteiger partial charge in [-0.25, -0.2) is 4.84 Å². The summed E-state index contributed by atoms with van der Waals surface area (Å²) in [6.45, 7) is 0. The average Bonchev–Trinajstić information content (AvgIpc) is 3.30. The lowest BCUT2D eigenvalue weighted by atomic mass is 9.12. The smallest absolute Gasteiger partial charge is 0.252 e. The molecule has 0 amide bonds. The van der Waals surface area contributed by atoms with Gasteiger partial charge < -0.3 is 0 Å². The van der Waals surface area contributed by atoms with Crippen molar-refractivity contribution in [1.82, 2.24) is 4.98 Å². The molecule has 0 saturated carbocycles. The maximum atomic E-state index is 14.2. The molecule has 1 aromatic heterocycles. The minimum Gasteiger partial charge on any atom is -0.252 e. The largest absolute Gasteiger partial charge is 0.416 e. The summed E-state index contributed by atoms with van der Waals surface area (Å²) in [5.41, 5.74) is -27.8. The molecule has 0 bridgehead atoms. The second-order valence-corrected chi connectivity index (χ2v) is 16.3. The lowest BCUT2D eigenvalue weighted by molar-refractivity contribution is -0.875. The zero-order chi connectivity index (χ0) is 56.8. The van der Waals surface area contributed by atoms with Crippen LogP contribution in [0.5, 0.6) is 5.75 Å². The minimum atomic E-state index is -6.13. The Balaban J connectivity index is 0.000000408. The van der Waals surface area contributed by atoms with Crippen LogP contribution in [-0.4, -0.2) is 11.1 Å². The molecule has 7 rings (SSSR count). The number of benzene rings is 6. The first-order valence-corrected chi connectivity index (χ1v) is 20.7. The third-order valence-electron chi connectivity index (χ3n) is 11.2. The normalized spacial score (nSPS) is 13.3.